The molecule has 1 aromatic carbocycles. The highest BCUT2D eigenvalue weighted by Gasteiger charge is 2.29. The lowest BCUT2D eigenvalue weighted by Crippen LogP contribution is -2.19. The lowest BCUT2D eigenvalue weighted by Gasteiger charge is -2.30. The summed E-state index contributed by atoms with van der Waals surface area (Å²) in [5.74, 6) is 0.794. The highest BCUT2D eigenvalue weighted by Crippen LogP contribution is 2.43. The van der Waals surface area contributed by atoms with Crippen molar-refractivity contribution < 1.29 is 9.84 Å². The Morgan fingerprint density at radius 3 is 2.89 bits per heavy atom. The standard InChI is InChI=1S/C14H13BrO2S/c1-8-2-3-13-9(4-8)12(16)5-14(17-13)10-6-18-7-11(10)15/h2-4,6-7,12,14,16H,5H2,1H3/t12-,14?/m1/s1. The molecule has 94 valence electrons. The van der Waals surface area contributed by atoms with Crippen LogP contribution in [0.4, 0.5) is 0 Å². The first kappa shape index (κ1) is 12.2. The third-order valence-electron chi connectivity index (χ3n) is 3.22. The molecule has 18 heavy (non-hydrogen) atoms. The van der Waals surface area contributed by atoms with Gasteiger partial charge in [-0.25, -0.2) is 0 Å². The lowest BCUT2D eigenvalue weighted by atomic mass is 9.95. The lowest BCUT2D eigenvalue weighted by molar-refractivity contribution is 0.0655. The zero-order valence-corrected chi connectivity index (χ0v) is 12.3. The van der Waals surface area contributed by atoms with Crippen molar-refractivity contribution in [2.45, 2.75) is 25.6 Å². The number of aryl methyl sites for hydroxylation is 1. The van der Waals surface area contributed by atoms with Gasteiger partial charge in [-0.15, -0.1) is 0 Å². The Bertz CT molecular complexity index is 579. The average Bonchev–Trinajstić information content (AvgIpc) is 2.76. The van der Waals surface area contributed by atoms with Crippen molar-refractivity contribution >= 4 is 27.3 Å². The highest BCUT2D eigenvalue weighted by molar-refractivity contribution is 9.10. The Hall–Kier alpha value is -0.840. The summed E-state index contributed by atoms with van der Waals surface area (Å²) in [6.45, 7) is 2.02. The summed E-state index contributed by atoms with van der Waals surface area (Å²) in [7, 11) is 0. The van der Waals surface area contributed by atoms with Gasteiger partial charge in [-0.2, -0.15) is 11.3 Å². The minimum Gasteiger partial charge on any atom is -0.485 e. The maximum atomic E-state index is 10.3. The summed E-state index contributed by atoms with van der Waals surface area (Å²) in [5.41, 5.74) is 3.16. The molecule has 1 aromatic heterocycles. The molecule has 1 aliphatic rings. The minimum absolute atomic E-state index is 0.0733. The number of hydrogen-bond acceptors (Lipinski definition) is 3. The van der Waals surface area contributed by atoms with Gasteiger partial charge in [-0.3, -0.25) is 0 Å². The minimum atomic E-state index is -0.453. The van der Waals surface area contributed by atoms with Gasteiger partial charge >= 0.3 is 0 Å². The van der Waals surface area contributed by atoms with Crippen LogP contribution in [0.5, 0.6) is 5.75 Å². The van der Waals surface area contributed by atoms with E-state index in [1.807, 2.05) is 30.5 Å². The molecule has 1 unspecified atom stereocenters. The third kappa shape index (κ3) is 2.09. The average molecular weight is 325 g/mol. The summed E-state index contributed by atoms with van der Waals surface area (Å²) in [4.78, 5) is 0. The van der Waals surface area contributed by atoms with Gasteiger partial charge in [0.25, 0.3) is 0 Å². The normalized spacial score (nSPS) is 22.4. The summed E-state index contributed by atoms with van der Waals surface area (Å²) in [6.07, 6.45) is 0.0764. The van der Waals surface area contributed by atoms with Crippen molar-refractivity contribution in [3.05, 3.63) is 50.1 Å². The second kappa shape index (κ2) is 4.68. The van der Waals surface area contributed by atoms with E-state index in [0.29, 0.717) is 6.42 Å². The molecule has 2 nitrogen and oxygen atoms in total. The molecule has 0 saturated carbocycles. The number of halogens is 1. The number of aliphatic hydroxyl groups is 1. The second-order valence-corrected chi connectivity index (χ2v) is 6.17. The summed E-state index contributed by atoms with van der Waals surface area (Å²) in [6, 6.07) is 5.95. The summed E-state index contributed by atoms with van der Waals surface area (Å²) >= 11 is 5.16. The summed E-state index contributed by atoms with van der Waals surface area (Å²) in [5, 5.41) is 14.4. The first-order chi connectivity index (χ1) is 8.65. The molecule has 0 bridgehead atoms. The largest absolute Gasteiger partial charge is 0.485 e. The first-order valence-electron chi connectivity index (χ1n) is 5.82. The van der Waals surface area contributed by atoms with Gasteiger partial charge in [-0.05, 0) is 40.4 Å². The number of benzene rings is 1. The van der Waals surface area contributed by atoms with Crippen molar-refractivity contribution in [3.8, 4) is 5.75 Å². The molecule has 0 fully saturated rings. The first-order valence-corrected chi connectivity index (χ1v) is 7.55. The number of aliphatic hydroxyl groups excluding tert-OH is 1. The van der Waals surface area contributed by atoms with Crippen LogP contribution < -0.4 is 4.74 Å². The van der Waals surface area contributed by atoms with Crippen LogP contribution in [0.25, 0.3) is 0 Å². The molecule has 3 rings (SSSR count). The topological polar surface area (TPSA) is 29.5 Å². The molecule has 2 heterocycles. The van der Waals surface area contributed by atoms with Gasteiger partial charge in [0, 0.05) is 27.4 Å². The van der Waals surface area contributed by atoms with Gasteiger partial charge in [0.1, 0.15) is 11.9 Å². The molecular formula is C14H13BrO2S. The SMILES string of the molecule is Cc1ccc2c(c1)[C@H](O)CC(c1cscc1Br)O2. The Morgan fingerprint density at radius 1 is 1.33 bits per heavy atom. The van der Waals surface area contributed by atoms with Gasteiger partial charge in [0.2, 0.25) is 0 Å². The molecule has 1 aliphatic heterocycles. The number of rotatable bonds is 1. The maximum Gasteiger partial charge on any atom is 0.128 e. The third-order valence-corrected chi connectivity index (χ3v) is 4.97. The van der Waals surface area contributed by atoms with E-state index in [9.17, 15) is 5.11 Å². The fourth-order valence-corrected chi connectivity index (χ4v) is 3.87. The molecule has 2 atom stereocenters. The van der Waals surface area contributed by atoms with E-state index in [-0.39, 0.29) is 6.10 Å². The predicted molar refractivity (Wildman–Crippen MR) is 76.1 cm³/mol. The van der Waals surface area contributed by atoms with Crippen molar-refractivity contribution in [2.75, 3.05) is 0 Å². The highest BCUT2D eigenvalue weighted by atomic mass is 79.9. The molecule has 0 amide bonds. The Balaban J connectivity index is 1.97. The van der Waals surface area contributed by atoms with Crippen LogP contribution in [0.1, 0.15) is 35.3 Å². The van der Waals surface area contributed by atoms with Gasteiger partial charge in [-0.1, -0.05) is 11.6 Å². The zero-order chi connectivity index (χ0) is 12.7. The zero-order valence-electron chi connectivity index (χ0n) is 9.89. The van der Waals surface area contributed by atoms with Crippen LogP contribution in [0.15, 0.2) is 33.4 Å². The summed E-state index contributed by atoms with van der Waals surface area (Å²) < 4.78 is 7.06. The van der Waals surface area contributed by atoms with Crippen LogP contribution >= 0.6 is 27.3 Å². The monoisotopic (exact) mass is 324 g/mol. The van der Waals surface area contributed by atoms with Crippen molar-refractivity contribution in [3.63, 3.8) is 0 Å². The molecule has 1 N–H and O–H groups in total. The van der Waals surface area contributed by atoms with Crippen LogP contribution in [-0.4, -0.2) is 5.11 Å². The van der Waals surface area contributed by atoms with Crippen molar-refractivity contribution in [1.29, 1.82) is 0 Å². The Morgan fingerprint density at radius 2 is 2.17 bits per heavy atom. The molecular weight excluding hydrogens is 312 g/mol. The predicted octanol–water partition coefficient (Wildman–Crippen LogP) is 4.38. The van der Waals surface area contributed by atoms with Gasteiger partial charge < -0.3 is 9.84 Å². The van der Waals surface area contributed by atoms with E-state index in [1.165, 1.54) is 0 Å². The van der Waals surface area contributed by atoms with E-state index in [0.717, 1.165) is 26.9 Å². The van der Waals surface area contributed by atoms with Crippen LogP contribution in [0.3, 0.4) is 0 Å². The van der Waals surface area contributed by atoms with E-state index < -0.39 is 6.10 Å². The molecule has 0 saturated heterocycles. The fraction of sp³-hybridized carbons (Fsp3) is 0.286. The Labute approximate surface area is 118 Å². The van der Waals surface area contributed by atoms with Crippen LogP contribution in [0, 0.1) is 6.92 Å². The number of hydrogen-bond donors (Lipinski definition) is 1. The quantitative estimate of drug-likeness (QED) is 0.843. The number of fused-ring (bicyclic) bond motifs is 1. The molecule has 0 radical (unpaired) electrons. The molecule has 0 aliphatic carbocycles. The van der Waals surface area contributed by atoms with Crippen molar-refractivity contribution in [2.24, 2.45) is 0 Å². The second-order valence-electron chi connectivity index (χ2n) is 4.57. The Kier molecular flexibility index (Phi) is 3.18. The maximum absolute atomic E-state index is 10.3. The van der Waals surface area contributed by atoms with Crippen LogP contribution in [0.2, 0.25) is 0 Å². The van der Waals surface area contributed by atoms with Gasteiger partial charge in [0.05, 0.1) is 6.10 Å². The smallest absolute Gasteiger partial charge is 0.128 e. The van der Waals surface area contributed by atoms with E-state index >= 15 is 0 Å². The van der Waals surface area contributed by atoms with Crippen LogP contribution in [-0.2, 0) is 0 Å². The van der Waals surface area contributed by atoms with E-state index in [4.69, 9.17) is 4.74 Å². The molecule has 0 spiro atoms. The van der Waals surface area contributed by atoms with Gasteiger partial charge in [0.15, 0.2) is 0 Å². The molecule has 2 aromatic rings. The van der Waals surface area contributed by atoms with E-state index in [2.05, 4.69) is 21.3 Å². The number of thiophene rings is 1. The number of ether oxygens (including phenoxy) is 1. The molecule has 4 heteroatoms. The fourth-order valence-electron chi connectivity index (χ4n) is 2.28. The van der Waals surface area contributed by atoms with Crippen molar-refractivity contribution in [1.82, 2.24) is 0 Å². The van der Waals surface area contributed by atoms with E-state index in [1.54, 1.807) is 11.3 Å².